The lowest BCUT2D eigenvalue weighted by atomic mass is 9.73. The first-order valence-electron chi connectivity index (χ1n) is 5.44. The van der Waals surface area contributed by atoms with Crippen LogP contribution in [0.5, 0.6) is 0 Å². The second-order valence-corrected chi connectivity index (χ2v) is 4.82. The quantitative estimate of drug-likeness (QED) is 0.760. The van der Waals surface area contributed by atoms with Crippen LogP contribution in [0.25, 0.3) is 0 Å². The minimum atomic E-state index is 0.110. The number of benzene rings is 1. The van der Waals surface area contributed by atoms with E-state index >= 15 is 0 Å². The number of rotatable bonds is 2. The van der Waals surface area contributed by atoms with Crippen molar-refractivity contribution in [1.82, 2.24) is 0 Å². The molecule has 1 nitrogen and oxygen atoms in total. The van der Waals surface area contributed by atoms with Crippen molar-refractivity contribution in [2.45, 2.75) is 45.1 Å². The van der Waals surface area contributed by atoms with Crippen LogP contribution in [-0.2, 0) is 6.42 Å². The van der Waals surface area contributed by atoms with Crippen LogP contribution < -0.4 is 5.73 Å². The third kappa shape index (κ3) is 1.83. The summed E-state index contributed by atoms with van der Waals surface area (Å²) in [6, 6.07) is 6.65. The standard InChI is InChI=1S/C13H19N/c1-10-4-5-11(2)12(8-10)9-13(14)6-3-7-13/h4-5,8H,3,6-7,9,14H2,1-2H3. The molecule has 1 saturated carbocycles. The highest BCUT2D eigenvalue weighted by Gasteiger charge is 2.32. The Hall–Kier alpha value is -0.820. The molecule has 2 N–H and O–H groups in total. The van der Waals surface area contributed by atoms with Crippen molar-refractivity contribution < 1.29 is 0 Å². The lowest BCUT2D eigenvalue weighted by molar-refractivity contribution is 0.247. The molecule has 1 aliphatic rings. The molecule has 14 heavy (non-hydrogen) atoms. The molecular formula is C13H19N. The molecule has 1 aromatic carbocycles. The lowest BCUT2D eigenvalue weighted by Crippen LogP contribution is -2.48. The Kier molecular flexibility index (Phi) is 2.36. The average Bonchev–Trinajstić information content (AvgIpc) is 2.09. The van der Waals surface area contributed by atoms with Gasteiger partial charge >= 0.3 is 0 Å². The van der Waals surface area contributed by atoms with Gasteiger partial charge in [-0.2, -0.15) is 0 Å². The molecule has 1 aromatic rings. The highest BCUT2D eigenvalue weighted by Crippen LogP contribution is 2.33. The van der Waals surface area contributed by atoms with Crippen LogP contribution in [0.3, 0.4) is 0 Å². The summed E-state index contributed by atoms with van der Waals surface area (Å²) in [5.74, 6) is 0. The summed E-state index contributed by atoms with van der Waals surface area (Å²) in [4.78, 5) is 0. The second kappa shape index (κ2) is 3.39. The summed E-state index contributed by atoms with van der Waals surface area (Å²) in [7, 11) is 0. The number of hydrogen-bond donors (Lipinski definition) is 1. The maximum absolute atomic E-state index is 6.25. The summed E-state index contributed by atoms with van der Waals surface area (Å²) in [5, 5.41) is 0. The van der Waals surface area contributed by atoms with Gasteiger partial charge in [-0.05, 0) is 50.7 Å². The van der Waals surface area contributed by atoms with Gasteiger partial charge in [-0.3, -0.25) is 0 Å². The maximum Gasteiger partial charge on any atom is 0.0195 e. The Labute approximate surface area is 86.3 Å². The largest absolute Gasteiger partial charge is 0.325 e. The van der Waals surface area contributed by atoms with Crippen LogP contribution >= 0.6 is 0 Å². The van der Waals surface area contributed by atoms with Crippen molar-refractivity contribution in [3.63, 3.8) is 0 Å². The summed E-state index contributed by atoms with van der Waals surface area (Å²) in [6.07, 6.45) is 4.75. The van der Waals surface area contributed by atoms with Gasteiger partial charge in [-0.25, -0.2) is 0 Å². The highest BCUT2D eigenvalue weighted by molar-refractivity contribution is 5.32. The van der Waals surface area contributed by atoms with Crippen molar-refractivity contribution in [1.29, 1.82) is 0 Å². The molecule has 76 valence electrons. The molecule has 0 spiro atoms. The normalized spacial score (nSPS) is 19.1. The minimum Gasteiger partial charge on any atom is -0.325 e. The summed E-state index contributed by atoms with van der Waals surface area (Å²) < 4.78 is 0. The van der Waals surface area contributed by atoms with Gasteiger partial charge in [-0.1, -0.05) is 23.8 Å². The first-order chi connectivity index (χ1) is 6.59. The van der Waals surface area contributed by atoms with Crippen molar-refractivity contribution in [2.24, 2.45) is 5.73 Å². The monoisotopic (exact) mass is 189 g/mol. The molecule has 0 bridgehead atoms. The highest BCUT2D eigenvalue weighted by atomic mass is 14.8. The SMILES string of the molecule is Cc1ccc(C)c(CC2(N)CCC2)c1. The summed E-state index contributed by atoms with van der Waals surface area (Å²) in [6.45, 7) is 4.32. The van der Waals surface area contributed by atoms with E-state index in [1.165, 1.54) is 36.0 Å². The van der Waals surface area contributed by atoms with E-state index in [-0.39, 0.29) is 5.54 Å². The third-order valence-corrected chi connectivity index (χ3v) is 3.40. The van der Waals surface area contributed by atoms with Gasteiger partial charge in [0, 0.05) is 5.54 Å². The van der Waals surface area contributed by atoms with Crippen molar-refractivity contribution in [3.05, 3.63) is 34.9 Å². The Morgan fingerprint density at radius 3 is 2.57 bits per heavy atom. The van der Waals surface area contributed by atoms with E-state index in [0.29, 0.717) is 0 Å². The molecule has 0 atom stereocenters. The number of aryl methyl sites for hydroxylation is 2. The van der Waals surface area contributed by atoms with Gasteiger partial charge < -0.3 is 5.73 Å². The Morgan fingerprint density at radius 2 is 2.00 bits per heavy atom. The fourth-order valence-corrected chi connectivity index (χ4v) is 2.18. The van der Waals surface area contributed by atoms with Gasteiger partial charge in [0.05, 0.1) is 0 Å². The first-order valence-corrected chi connectivity index (χ1v) is 5.44. The zero-order chi connectivity index (χ0) is 10.2. The van der Waals surface area contributed by atoms with Crippen LogP contribution in [0.15, 0.2) is 18.2 Å². The average molecular weight is 189 g/mol. The van der Waals surface area contributed by atoms with Crippen molar-refractivity contribution in [2.75, 3.05) is 0 Å². The summed E-state index contributed by atoms with van der Waals surface area (Å²) >= 11 is 0. The van der Waals surface area contributed by atoms with E-state index in [1.807, 2.05) is 0 Å². The van der Waals surface area contributed by atoms with E-state index in [2.05, 4.69) is 32.0 Å². The predicted octanol–water partition coefficient (Wildman–Crippen LogP) is 2.73. The van der Waals surface area contributed by atoms with Gasteiger partial charge in [0.15, 0.2) is 0 Å². The fourth-order valence-electron chi connectivity index (χ4n) is 2.18. The molecule has 1 aliphatic carbocycles. The molecular weight excluding hydrogens is 170 g/mol. The smallest absolute Gasteiger partial charge is 0.0195 e. The molecule has 0 amide bonds. The van der Waals surface area contributed by atoms with Crippen LogP contribution in [0, 0.1) is 13.8 Å². The van der Waals surface area contributed by atoms with Crippen LogP contribution in [0.4, 0.5) is 0 Å². The van der Waals surface area contributed by atoms with Crippen LogP contribution in [0.1, 0.15) is 36.0 Å². The fraction of sp³-hybridized carbons (Fsp3) is 0.538. The predicted molar refractivity (Wildman–Crippen MR) is 60.4 cm³/mol. The molecule has 0 aliphatic heterocycles. The minimum absolute atomic E-state index is 0.110. The molecule has 0 radical (unpaired) electrons. The number of nitrogens with two attached hydrogens (primary N) is 1. The Morgan fingerprint density at radius 1 is 1.29 bits per heavy atom. The Bertz CT molecular complexity index is 337. The van der Waals surface area contributed by atoms with Gasteiger partial charge in [0.2, 0.25) is 0 Å². The molecule has 0 saturated heterocycles. The van der Waals surface area contributed by atoms with Crippen LogP contribution in [-0.4, -0.2) is 5.54 Å². The van der Waals surface area contributed by atoms with E-state index in [4.69, 9.17) is 5.73 Å². The molecule has 2 rings (SSSR count). The molecule has 1 fully saturated rings. The zero-order valence-electron chi connectivity index (χ0n) is 9.14. The lowest BCUT2D eigenvalue weighted by Gasteiger charge is -2.38. The van der Waals surface area contributed by atoms with Crippen LogP contribution in [0.2, 0.25) is 0 Å². The van der Waals surface area contributed by atoms with Gasteiger partial charge in [0.1, 0.15) is 0 Å². The molecule has 0 unspecified atom stereocenters. The number of hydrogen-bond acceptors (Lipinski definition) is 1. The molecule has 1 heteroatoms. The molecule has 0 aromatic heterocycles. The van der Waals surface area contributed by atoms with E-state index < -0.39 is 0 Å². The zero-order valence-corrected chi connectivity index (χ0v) is 9.14. The topological polar surface area (TPSA) is 26.0 Å². The van der Waals surface area contributed by atoms with Crippen molar-refractivity contribution >= 4 is 0 Å². The summed E-state index contributed by atoms with van der Waals surface area (Å²) in [5.41, 5.74) is 10.5. The maximum atomic E-state index is 6.25. The van der Waals surface area contributed by atoms with E-state index in [1.54, 1.807) is 0 Å². The van der Waals surface area contributed by atoms with Crippen molar-refractivity contribution in [3.8, 4) is 0 Å². The second-order valence-electron chi connectivity index (χ2n) is 4.82. The van der Waals surface area contributed by atoms with Gasteiger partial charge in [-0.15, -0.1) is 0 Å². The first kappa shape index (κ1) is 9.72. The Balaban J connectivity index is 2.19. The van der Waals surface area contributed by atoms with E-state index in [9.17, 15) is 0 Å². The molecule has 0 heterocycles. The third-order valence-electron chi connectivity index (χ3n) is 3.40. The van der Waals surface area contributed by atoms with Gasteiger partial charge in [0.25, 0.3) is 0 Å². The van der Waals surface area contributed by atoms with E-state index in [0.717, 1.165) is 6.42 Å².